The molecule has 9 heteroatoms. The van der Waals surface area contributed by atoms with E-state index in [4.69, 9.17) is 20.8 Å². The first kappa shape index (κ1) is 18.8. The molecule has 1 aliphatic rings. The second-order valence-electron chi connectivity index (χ2n) is 6.34. The maximum absolute atomic E-state index is 12.7. The molecule has 1 aliphatic heterocycles. The number of hydrazone groups is 1. The molecule has 3 heterocycles. The lowest BCUT2D eigenvalue weighted by Crippen LogP contribution is -2.28. The summed E-state index contributed by atoms with van der Waals surface area (Å²) in [5.74, 6) is 1.13. The van der Waals surface area contributed by atoms with Crippen LogP contribution in [0.2, 0.25) is 5.15 Å². The molecule has 28 heavy (non-hydrogen) atoms. The Labute approximate surface area is 167 Å². The van der Waals surface area contributed by atoms with Crippen molar-refractivity contribution in [3.05, 3.63) is 59.1 Å². The zero-order valence-corrected chi connectivity index (χ0v) is 16.9. The number of hydrogen-bond donors (Lipinski definition) is 0. The number of nitrogens with zero attached hydrogens (tertiary/aromatic N) is 3. The van der Waals surface area contributed by atoms with Crippen molar-refractivity contribution in [1.29, 1.82) is 0 Å². The summed E-state index contributed by atoms with van der Waals surface area (Å²) < 4.78 is 37.1. The summed E-state index contributed by atoms with van der Waals surface area (Å²) in [5, 5.41) is 5.41. The largest absolute Gasteiger partial charge is 0.497 e. The zero-order valence-electron chi connectivity index (χ0n) is 15.3. The van der Waals surface area contributed by atoms with Crippen LogP contribution in [0.25, 0.3) is 10.9 Å². The van der Waals surface area contributed by atoms with E-state index < -0.39 is 16.1 Å². The molecule has 1 atom stereocenters. The van der Waals surface area contributed by atoms with E-state index in [-0.39, 0.29) is 10.9 Å². The summed E-state index contributed by atoms with van der Waals surface area (Å²) in [6.07, 6.45) is 1.87. The molecular formula is C19H18ClN3O4S. The van der Waals surface area contributed by atoms with Gasteiger partial charge in [0.15, 0.2) is 0 Å². The SMILES string of the molecule is CCS(=O)(=O)N1N=C(c2ccco2)C[C@@H]1c1cc2ccc(OC)cc2nc1Cl. The number of pyridine rings is 1. The van der Waals surface area contributed by atoms with E-state index in [9.17, 15) is 8.42 Å². The molecule has 0 unspecified atom stereocenters. The number of aromatic nitrogens is 1. The third-order valence-corrected chi connectivity index (χ3v) is 6.63. The van der Waals surface area contributed by atoms with E-state index in [0.717, 1.165) is 9.80 Å². The fourth-order valence-electron chi connectivity index (χ4n) is 3.20. The Kier molecular flexibility index (Phi) is 4.76. The van der Waals surface area contributed by atoms with E-state index in [0.29, 0.717) is 34.7 Å². The van der Waals surface area contributed by atoms with Crippen LogP contribution in [-0.4, -0.2) is 36.4 Å². The van der Waals surface area contributed by atoms with Gasteiger partial charge in [-0.1, -0.05) is 11.6 Å². The Hall–Kier alpha value is -2.58. The van der Waals surface area contributed by atoms with Crippen molar-refractivity contribution < 1.29 is 17.6 Å². The zero-order chi connectivity index (χ0) is 19.9. The van der Waals surface area contributed by atoms with Crippen LogP contribution in [0.1, 0.15) is 30.7 Å². The number of benzene rings is 1. The van der Waals surface area contributed by atoms with Crippen LogP contribution in [0.15, 0.2) is 52.2 Å². The van der Waals surface area contributed by atoms with Gasteiger partial charge in [-0.2, -0.15) is 9.52 Å². The van der Waals surface area contributed by atoms with Crippen LogP contribution in [0.3, 0.4) is 0 Å². The van der Waals surface area contributed by atoms with Gasteiger partial charge < -0.3 is 9.15 Å². The van der Waals surface area contributed by atoms with E-state index in [1.54, 1.807) is 32.2 Å². The minimum Gasteiger partial charge on any atom is -0.497 e. The van der Waals surface area contributed by atoms with E-state index >= 15 is 0 Å². The molecule has 3 aromatic rings. The first-order valence-corrected chi connectivity index (χ1v) is 10.7. The van der Waals surface area contributed by atoms with Crippen LogP contribution in [-0.2, 0) is 10.0 Å². The quantitative estimate of drug-likeness (QED) is 0.583. The summed E-state index contributed by atoms with van der Waals surface area (Å²) in [5.41, 5.74) is 1.82. The number of fused-ring (bicyclic) bond motifs is 1. The van der Waals surface area contributed by atoms with Crippen LogP contribution < -0.4 is 4.74 Å². The number of hydrogen-bond acceptors (Lipinski definition) is 6. The van der Waals surface area contributed by atoms with Crippen molar-refractivity contribution in [1.82, 2.24) is 9.40 Å². The summed E-state index contributed by atoms with van der Waals surface area (Å²) in [6.45, 7) is 1.58. The number of halogens is 1. The Morgan fingerprint density at radius 3 is 2.82 bits per heavy atom. The molecule has 0 spiro atoms. The average molecular weight is 420 g/mol. The standard InChI is InChI=1S/C19H18ClN3O4S/c1-3-28(24,25)23-17(11-16(22-23)18-5-4-8-27-18)14-9-12-6-7-13(26-2)10-15(12)21-19(14)20/h4-10,17H,3,11H2,1-2H3/t17-/m1/s1. The van der Waals surface area contributed by atoms with Crippen molar-refractivity contribution in [2.24, 2.45) is 5.10 Å². The number of methoxy groups -OCH3 is 1. The number of ether oxygens (including phenoxy) is 1. The topological polar surface area (TPSA) is 85.0 Å². The highest BCUT2D eigenvalue weighted by molar-refractivity contribution is 7.89. The van der Waals surface area contributed by atoms with Crippen LogP contribution in [0.4, 0.5) is 0 Å². The van der Waals surface area contributed by atoms with Crippen molar-refractivity contribution in [3.8, 4) is 5.75 Å². The molecular weight excluding hydrogens is 402 g/mol. The van der Waals surface area contributed by atoms with E-state index in [1.807, 2.05) is 18.2 Å². The third kappa shape index (κ3) is 3.22. The molecule has 0 bridgehead atoms. The smallest absolute Gasteiger partial charge is 0.250 e. The fourth-order valence-corrected chi connectivity index (χ4v) is 4.54. The summed E-state index contributed by atoms with van der Waals surface area (Å²) in [4.78, 5) is 4.45. The molecule has 0 radical (unpaired) electrons. The van der Waals surface area contributed by atoms with E-state index in [2.05, 4.69) is 10.1 Å². The van der Waals surface area contributed by atoms with Gasteiger partial charge in [0.25, 0.3) is 0 Å². The van der Waals surface area contributed by atoms with Gasteiger partial charge in [-0.25, -0.2) is 13.4 Å². The van der Waals surface area contributed by atoms with Gasteiger partial charge in [0.2, 0.25) is 10.0 Å². The van der Waals surface area contributed by atoms with Gasteiger partial charge in [-0.15, -0.1) is 0 Å². The summed E-state index contributed by atoms with van der Waals surface area (Å²) in [6, 6.07) is 10.2. The lowest BCUT2D eigenvalue weighted by Gasteiger charge is -2.23. The third-order valence-electron chi connectivity index (χ3n) is 4.69. The fraction of sp³-hybridized carbons (Fsp3) is 0.263. The highest BCUT2D eigenvalue weighted by Crippen LogP contribution is 2.39. The molecule has 0 fully saturated rings. The summed E-state index contributed by atoms with van der Waals surface area (Å²) >= 11 is 6.46. The highest BCUT2D eigenvalue weighted by Gasteiger charge is 2.38. The molecule has 4 rings (SSSR count). The monoisotopic (exact) mass is 419 g/mol. The first-order valence-electron chi connectivity index (χ1n) is 8.70. The Bertz CT molecular complexity index is 1160. The van der Waals surface area contributed by atoms with E-state index in [1.165, 1.54) is 6.26 Å². The lowest BCUT2D eigenvalue weighted by molar-refractivity contribution is 0.372. The van der Waals surface area contributed by atoms with Crippen LogP contribution in [0, 0.1) is 0 Å². The Morgan fingerprint density at radius 1 is 1.32 bits per heavy atom. The molecule has 0 N–H and O–H groups in total. The predicted molar refractivity (Wildman–Crippen MR) is 107 cm³/mol. The second-order valence-corrected chi connectivity index (χ2v) is 8.82. The predicted octanol–water partition coefficient (Wildman–Crippen LogP) is 3.99. The normalized spacial score (nSPS) is 17.2. The van der Waals surface area contributed by atoms with Gasteiger partial charge in [0, 0.05) is 23.4 Å². The van der Waals surface area contributed by atoms with Gasteiger partial charge >= 0.3 is 0 Å². The van der Waals surface area contributed by atoms with Crippen molar-refractivity contribution >= 4 is 38.2 Å². The van der Waals surface area contributed by atoms with Gasteiger partial charge in [-0.3, -0.25) is 0 Å². The minimum atomic E-state index is -3.60. The van der Waals surface area contributed by atoms with Crippen molar-refractivity contribution in [2.75, 3.05) is 12.9 Å². The lowest BCUT2D eigenvalue weighted by atomic mass is 10.0. The van der Waals surface area contributed by atoms with Crippen molar-refractivity contribution in [2.45, 2.75) is 19.4 Å². The minimum absolute atomic E-state index is 0.0751. The molecule has 146 valence electrons. The molecule has 1 aromatic carbocycles. The Balaban J connectivity index is 1.81. The Morgan fingerprint density at radius 2 is 2.14 bits per heavy atom. The van der Waals surface area contributed by atoms with Crippen LogP contribution >= 0.6 is 11.6 Å². The van der Waals surface area contributed by atoms with Gasteiger partial charge in [-0.05, 0) is 37.3 Å². The maximum Gasteiger partial charge on any atom is 0.250 e. The van der Waals surface area contributed by atoms with Gasteiger partial charge in [0.1, 0.15) is 22.4 Å². The number of furan rings is 1. The van der Waals surface area contributed by atoms with Crippen LogP contribution in [0.5, 0.6) is 5.75 Å². The number of rotatable bonds is 5. The molecule has 0 saturated heterocycles. The van der Waals surface area contributed by atoms with Gasteiger partial charge in [0.05, 0.1) is 30.7 Å². The maximum atomic E-state index is 12.7. The highest BCUT2D eigenvalue weighted by atomic mass is 35.5. The average Bonchev–Trinajstić information content (AvgIpc) is 3.36. The molecule has 0 amide bonds. The first-order chi connectivity index (χ1) is 13.4. The molecule has 7 nitrogen and oxygen atoms in total. The van der Waals surface area contributed by atoms with Crippen molar-refractivity contribution in [3.63, 3.8) is 0 Å². The summed E-state index contributed by atoms with van der Waals surface area (Å²) in [7, 11) is -2.02. The second kappa shape index (κ2) is 7.10. The molecule has 0 saturated carbocycles. The number of sulfonamides is 1. The molecule has 0 aliphatic carbocycles. The molecule has 2 aromatic heterocycles.